The Kier molecular flexibility index (Phi) is 5.78. The third-order valence-electron chi connectivity index (χ3n) is 3.22. The van der Waals surface area contributed by atoms with Crippen molar-refractivity contribution >= 4 is 17.2 Å². The molecule has 0 fully saturated rings. The number of methoxy groups -OCH3 is 1. The quantitative estimate of drug-likeness (QED) is 0.854. The Hall–Kier alpha value is -1.85. The van der Waals surface area contributed by atoms with Crippen molar-refractivity contribution in [3.8, 4) is 5.75 Å². The molecule has 2 aromatic rings. The standard InChI is InChI=1S/C16H20N2O2S/c1-20-14-11-15(21-12-14)16(19)18(10-8-17)9-7-13-5-3-2-4-6-13/h2-6,11-12H,7-10,17H2,1H3. The van der Waals surface area contributed by atoms with Gasteiger partial charge in [-0.3, -0.25) is 4.79 Å². The Morgan fingerprint density at radius 3 is 2.67 bits per heavy atom. The largest absolute Gasteiger partial charge is 0.496 e. The van der Waals surface area contributed by atoms with Gasteiger partial charge in [0, 0.05) is 31.1 Å². The minimum absolute atomic E-state index is 0.0182. The van der Waals surface area contributed by atoms with Gasteiger partial charge in [0.05, 0.1) is 12.0 Å². The van der Waals surface area contributed by atoms with Gasteiger partial charge < -0.3 is 15.4 Å². The molecule has 2 N–H and O–H groups in total. The highest BCUT2D eigenvalue weighted by atomic mass is 32.1. The molecular formula is C16H20N2O2S. The summed E-state index contributed by atoms with van der Waals surface area (Å²) in [4.78, 5) is 15.0. The summed E-state index contributed by atoms with van der Waals surface area (Å²) in [5.74, 6) is 0.740. The van der Waals surface area contributed by atoms with E-state index in [1.807, 2.05) is 23.6 Å². The summed E-state index contributed by atoms with van der Waals surface area (Å²) in [5, 5.41) is 1.84. The number of rotatable bonds is 7. The zero-order valence-electron chi connectivity index (χ0n) is 12.1. The van der Waals surface area contributed by atoms with E-state index in [0.717, 1.165) is 12.2 Å². The summed E-state index contributed by atoms with van der Waals surface area (Å²) in [5.41, 5.74) is 6.85. The van der Waals surface area contributed by atoms with Crippen LogP contribution in [0.15, 0.2) is 41.8 Å². The minimum atomic E-state index is 0.0182. The topological polar surface area (TPSA) is 55.6 Å². The van der Waals surface area contributed by atoms with E-state index in [1.54, 1.807) is 18.1 Å². The van der Waals surface area contributed by atoms with Crippen molar-refractivity contribution in [1.82, 2.24) is 4.90 Å². The molecule has 0 spiro atoms. The molecule has 0 aliphatic heterocycles. The Labute approximate surface area is 129 Å². The molecule has 0 unspecified atom stereocenters. The summed E-state index contributed by atoms with van der Waals surface area (Å²) in [7, 11) is 1.60. The number of ether oxygens (including phenoxy) is 1. The normalized spacial score (nSPS) is 10.4. The van der Waals surface area contributed by atoms with Crippen molar-refractivity contribution in [2.24, 2.45) is 5.73 Å². The van der Waals surface area contributed by atoms with Crippen LogP contribution in [0.1, 0.15) is 15.2 Å². The van der Waals surface area contributed by atoms with Gasteiger partial charge in [0.15, 0.2) is 0 Å². The SMILES string of the molecule is COc1csc(C(=O)N(CCN)CCc2ccccc2)c1. The monoisotopic (exact) mass is 304 g/mol. The number of carbonyl (C=O) groups is 1. The second-order valence-corrected chi connectivity index (χ2v) is 5.58. The molecule has 0 saturated heterocycles. The van der Waals surface area contributed by atoms with Gasteiger partial charge in [-0.1, -0.05) is 30.3 Å². The average molecular weight is 304 g/mol. The molecular weight excluding hydrogens is 284 g/mol. The number of nitrogens with two attached hydrogens (primary N) is 1. The van der Waals surface area contributed by atoms with Crippen LogP contribution in [-0.2, 0) is 6.42 Å². The van der Waals surface area contributed by atoms with E-state index in [0.29, 0.717) is 24.5 Å². The maximum Gasteiger partial charge on any atom is 0.264 e. The lowest BCUT2D eigenvalue weighted by Gasteiger charge is -2.21. The van der Waals surface area contributed by atoms with Crippen LogP contribution in [0.25, 0.3) is 0 Å². The lowest BCUT2D eigenvalue weighted by atomic mass is 10.1. The van der Waals surface area contributed by atoms with Gasteiger partial charge in [-0.25, -0.2) is 0 Å². The van der Waals surface area contributed by atoms with E-state index in [2.05, 4.69) is 12.1 Å². The fourth-order valence-corrected chi connectivity index (χ4v) is 2.89. The third-order valence-corrected chi connectivity index (χ3v) is 4.12. The zero-order chi connectivity index (χ0) is 15.1. The first-order valence-electron chi connectivity index (χ1n) is 6.90. The van der Waals surface area contributed by atoms with Gasteiger partial charge in [0.25, 0.3) is 5.91 Å². The highest BCUT2D eigenvalue weighted by molar-refractivity contribution is 7.12. The summed E-state index contributed by atoms with van der Waals surface area (Å²) in [6, 6.07) is 11.9. The van der Waals surface area contributed by atoms with Crippen molar-refractivity contribution < 1.29 is 9.53 Å². The number of thiophene rings is 1. The number of amides is 1. The van der Waals surface area contributed by atoms with E-state index < -0.39 is 0 Å². The number of benzene rings is 1. The van der Waals surface area contributed by atoms with E-state index in [-0.39, 0.29) is 5.91 Å². The zero-order valence-corrected chi connectivity index (χ0v) is 12.9. The van der Waals surface area contributed by atoms with Crippen LogP contribution >= 0.6 is 11.3 Å². The number of nitrogens with zero attached hydrogens (tertiary/aromatic N) is 1. The fraction of sp³-hybridized carbons (Fsp3) is 0.312. The lowest BCUT2D eigenvalue weighted by Crippen LogP contribution is -2.36. The molecule has 0 aliphatic rings. The second-order valence-electron chi connectivity index (χ2n) is 4.67. The molecule has 5 heteroatoms. The van der Waals surface area contributed by atoms with Gasteiger partial charge in [-0.05, 0) is 12.0 Å². The highest BCUT2D eigenvalue weighted by Gasteiger charge is 2.17. The van der Waals surface area contributed by atoms with Gasteiger partial charge in [0.1, 0.15) is 5.75 Å². The minimum Gasteiger partial charge on any atom is -0.496 e. The van der Waals surface area contributed by atoms with Crippen molar-refractivity contribution in [2.75, 3.05) is 26.7 Å². The van der Waals surface area contributed by atoms with Crippen LogP contribution in [0, 0.1) is 0 Å². The summed E-state index contributed by atoms with van der Waals surface area (Å²) >= 11 is 1.40. The second kappa shape index (κ2) is 7.81. The summed E-state index contributed by atoms with van der Waals surface area (Å²) in [6.45, 7) is 1.69. The van der Waals surface area contributed by atoms with Crippen LogP contribution < -0.4 is 10.5 Å². The molecule has 0 atom stereocenters. The first kappa shape index (κ1) is 15.5. The predicted molar refractivity (Wildman–Crippen MR) is 86.0 cm³/mol. The third kappa shape index (κ3) is 4.31. The Balaban J connectivity index is 2.02. The van der Waals surface area contributed by atoms with Gasteiger partial charge >= 0.3 is 0 Å². The fourth-order valence-electron chi connectivity index (χ4n) is 2.07. The molecule has 0 radical (unpaired) electrons. The average Bonchev–Trinajstić information content (AvgIpc) is 3.01. The molecule has 2 rings (SSSR count). The molecule has 0 saturated carbocycles. The molecule has 0 bridgehead atoms. The van der Waals surface area contributed by atoms with Crippen molar-refractivity contribution in [1.29, 1.82) is 0 Å². The lowest BCUT2D eigenvalue weighted by molar-refractivity contribution is 0.0766. The Morgan fingerprint density at radius 1 is 1.29 bits per heavy atom. The molecule has 1 aromatic carbocycles. The molecule has 1 aromatic heterocycles. The van der Waals surface area contributed by atoms with E-state index in [9.17, 15) is 4.79 Å². The van der Waals surface area contributed by atoms with Crippen molar-refractivity contribution in [3.05, 3.63) is 52.2 Å². The predicted octanol–water partition coefficient (Wildman–Crippen LogP) is 2.40. The maximum atomic E-state index is 12.5. The van der Waals surface area contributed by atoms with E-state index in [4.69, 9.17) is 10.5 Å². The summed E-state index contributed by atoms with van der Waals surface area (Å²) in [6.07, 6.45) is 0.828. The van der Waals surface area contributed by atoms with Crippen LogP contribution in [0.5, 0.6) is 5.75 Å². The molecule has 0 aliphatic carbocycles. The molecule has 112 valence electrons. The van der Waals surface area contributed by atoms with Crippen molar-refractivity contribution in [3.63, 3.8) is 0 Å². The highest BCUT2D eigenvalue weighted by Crippen LogP contribution is 2.22. The summed E-state index contributed by atoms with van der Waals surface area (Å²) < 4.78 is 5.13. The van der Waals surface area contributed by atoms with E-state index >= 15 is 0 Å². The molecule has 21 heavy (non-hydrogen) atoms. The maximum absolute atomic E-state index is 12.5. The number of hydrogen-bond donors (Lipinski definition) is 1. The van der Waals surface area contributed by atoms with Crippen LogP contribution in [0.2, 0.25) is 0 Å². The van der Waals surface area contributed by atoms with Gasteiger partial charge in [-0.2, -0.15) is 0 Å². The van der Waals surface area contributed by atoms with Crippen LogP contribution in [0.3, 0.4) is 0 Å². The molecule has 1 amide bonds. The smallest absolute Gasteiger partial charge is 0.264 e. The first-order valence-corrected chi connectivity index (χ1v) is 7.78. The Morgan fingerprint density at radius 2 is 2.05 bits per heavy atom. The molecule has 4 nitrogen and oxygen atoms in total. The van der Waals surface area contributed by atoms with Crippen molar-refractivity contribution in [2.45, 2.75) is 6.42 Å². The van der Waals surface area contributed by atoms with E-state index in [1.165, 1.54) is 16.9 Å². The first-order chi connectivity index (χ1) is 10.2. The number of hydrogen-bond acceptors (Lipinski definition) is 4. The van der Waals surface area contributed by atoms with Crippen LogP contribution in [-0.4, -0.2) is 37.6 Å². The Bertz CT molecular complexity index is 569. The molecule has 1 heterocycles. The van der Waals surface area contributed by atoms with Gasteiger partial charge in [-0.15, -0.1) is 11.3 Å². The van der Waals surface area contributed by atoms with Crippen LogP contribution in [0.4, 0.5) is 0 Å². The number of carbonyl (C=O) groups excluding carboxylic acids is 1. The van der Waals surface area contributed by atoms with Gasteiger partial charge in [0.2, 0.25) is 0 Å².